The summed E-state index contributed by atoms with van der Waals surface area (Å²) in [6.45, 7) is 8.25. The van der Waals surface area contributed by atoms with E-state index in [1.165, 1.54) is 0 Å². The molecule has 0 radical (unpaired) electrons. The summed E-state index contributed by atoms with van der Waals surface area (Å²) >= 11 is 0. The molecule has 8 heteroatoms. The highest BCUT2D eigenvalue weighted by Crippen LogP contribution is 2.32. The van der Waals surface area contributed by atoms with Crippen LogP contribution in [0.2, 0.25) is 0 Å². The lowest BCUT2D eigenvalue weighted by Crippen LogP contribution is -2.41. The number of carbonyl (C=O) groups excluding carboxylic acids is 1. The number of aromatic nitrogens is 2. The summed E-state index contributed by atoms with van der Waals surface area (Å²) in [6, 6.07) is 3.76. The summed E-state index contributed by atoms with van der Waals surface area (Å²) < 4.78 is 22.4. The van der Waals surface area contributed by atoms with E-state index in [0.29, 0.717) is 60.3 Å². The third kappa shape index (κ3) is 3.30. The van der Waals surface area contributed by atoms with Crippen molar-refractivity contribution in [1.82, 2.24) is 15.0 Å². The Balaban J connectivity index is 1.46. The second-order valence-corrected chi connectivity index (χ2v) is 8.07. The Bertz CT molecular complexity index is 1090. The number of aryl methyl sites for hydroxylation is 3. The third-order valence-corrected chi connectivity index (χ3v) is 6.02. The molecule has 0 bridgehead atoms. The molecule has 0 saturated carbocycles. The number of nitrogens with zero attached hydrogens (tertiary/aromatic N) is 3. The molecule has 0 aliphatic carbocycles. The Kier molecular flexibility index (Phi) is 4.83. The van der Waals surface area contributed by atoms with E-state index in [1.54, 1.807) is 0 Å². The average molecular weight is 411 g/mol. The monoisotopic (exact) mass is 411 g/mol. The van der Waals surface area contributed by atoms with Gasteiger partial charge in [0.05, 0.1) is 35.6 Å². The van der Waals surface area contributed by atoms with Crippen molar-refractivity contribution in [3.05, 3.63) is 34.9 Å². The standard InChI is InChI=1S/C22H25N3O5/c1-12-10-16(14(3)29-12)18-11-17(19-13(2)24-30-20(19)23-18)21(26)25-6-4-15(5-7-25)22-27-8-9-28-22/h10-11,15,22H,4-9H2,1-3H3. The van der Waals surface area contributed by atoms with Crippen LogP contribution < -0.4 is 0 Å². The van der Waals surface area contributed by atoms with Gasteiger partial charge in [-0.15, -0.1) is 0 Å². The summed E-state index contributed by atoms with van der Waals surface area (Å²) in [4.78, 5) is 20.0. The number of fused-ring (bicyclic) bond motifs is 1. The first-order valence-electron chi connectivity index (χ1n) is 10.4. The normalized spacial score (nSPS) is 18.6. The minimum atomic E-state index is -0.130. The van der Waals surface area contributed by atoms with Gasteiger partial charge in [0.1, 0.15) is 11.5 Å². The molecule has 0 N–H and O–H groups in total. The molecule has 2 aliphatic heterocycles. The van der Waals surface area contributed by atoms with Gasteiger partial charge in [-0.2, -0.15) is 0 Å². The van der Waals surface area contributed by atoms with Crippen molar-refractivity contribution in [3.8, 4) is 11.3 Å². The van der Waals surface area contributed by atoms with Crippen molar-refractivity contribution in [2.24, 2.45) is 5.92 Å². The molecule has 1 amide bonds. The Morgan fingerprint density at radius 3 is 2.50 bits per heavy atom. The molecule has 2 aliphatic rings. The van der Waals surface area contributed by atoms with Crippen molar-refractivity contribution in [2.75, 3.05) is 26.3 Å². The third-order valence-electron chi connectivity index (χ3n) is 6.02. The highest BCUT2D eigenvalue weighted by Gasteiger charge is 2.33. The lowest BCUT2D eigenvalue weighted by molar-refractivity contribution is -0.0956. The van der Waals surface area contributed by atoms with E-state index in [9.17, 15) is 4.79 Å². The highest BCUT2D eigenvalue weighted by molar-refractivity contribution is 6.07. The van der Waals surface area contributed by atoms with Gasteiger partial charge in [-0.1, -0.05) is 5.16 Å². The summed E-state index contributed by atoms with van der Waals surface area (Å²) in [5.41, 5.74) is 3.11. The number of piperidine rings is 1. The first kappa shape index (κ1) is 19.3. The predicted molar refractivity (Wildman–Crippen MR) is 108 cm³/mol. The molecule has 3 aromatic heterocycles. The maximum absolute atomic E-state index is 13.5. The molecule has 2 fully saturated rings. The molecule has 0 spiro atoms. The molecule has 3 aromatic rings. The molecule has 0 atom stereocenters. The molecular weight excluding hydrogens is 386 g/mol. The summed E-state index contributed by atoms with van der Waals surface area (Å²) in [7, 11) is 0. The first-order chi connectivity index (χ1) is 14.5. The van der Waals surface area contributed by atoms with Crippen LogP contribution in [0.1, 0.15) is 40.4 Å². The Hall–Kier alpha value is -2.71. The second kappa shape index (κ2) is 7.52. The zero-order valence-electron chi connectivity index (χ0n) is 17.4. The zero-order chi connectivity index (χ0) is 20.8. The minimum absolute atomic E-state index is 0.0282. The van der Waals surface area contributed by atoms with E-state index in [0.717, 1.165) is 29.9 Å². The summed E-state index contributed by atoms with van der Waals surface area (Å²) in [5.74, 6) is 1.86. The van der Waals surface area contributed by atoms with Crippen LogP contribution in [0.25, 0.3) is 22.4 Å². The second-order valence-electron chi connectivity index (χ2n) is 8.07. The van der Waals surface area contributed by atoms with Gasteiger partial charge >= 0.3 is 0 Å². The van der Waals surface area contributed by atoms with Crippen LogP contribution in [-0.2, 0) is 9.47 Å². The van der Waals surface area contributed by atoms with Gasteiger partial charge in [-0.05, 0) is 45.7 Å². The van der Waals surface area contributed by atoms with E-state index >= 15 is 0 Å². The van der Waals surface area contributed by atoms with Crippen LogP contribution in [0.15, 0.2) is 21.1 Å². The molecule has 8 nitrogen and oxygen atoms in total. The number of pyridine rings is 1. The van der Waals surface area contributed by atoms with E-state index in [4.69, 9.17) is 18.4 Å². The van der Waals surface area contributed by atoms with Gasteiger partial charge in [0.15, 0.2) is 6.29 Å². The van der Waals surface area contributed by atoms with Crippen molar-refractivity contribution in [2.45, 2.75) is 39.9 Å². The largest absolute Gasteiger partial charge is 0.466 e. The van der Waals surface area contributed by atoms with Crippen LogP contribution in [0.3, 0.4) is 0 Å². The molecule has 30 heavy (non-hydrogen) atoms. The fraction of sp³-hybridized carbons (Fsp3) is 0.500. The van der Waals surface area contributed by atoms with E-state index in [1.807, 2.05) is 37.8 Å². The lowest BCUT2D eigenvalue weighted by atomic mass is 9.95. The SMILES string of the molecule is Cc1cc(-c2cc(C(=O)N3CCC(C4OCCO4)CC3)c3c(C)noc3n2)c(C)o1. The Morgan fingerprint density at radius 1 is 1.10 bits per heavy atom. The molecule has 158 valence electrons. The quantitative estimate of drug-likeness (QED) is 0.650. The first-order valence-corrected chi connectivity index (χ1v) is 10.4. The van der Waals surface area contributed by atoms with Gasteiger partial charge < -0.3 is 23.3 Å². The van der Waals surface area contributed by atoms with Gasteiger partial charge in [-0.25, -0.2) is 4.98 Å². The fourth-order valence-corrected chi connectivity index (χ4v) is 4.48. The van der Waals surface area contributed by atoms with Crippen LogP contribution in [0.5, 0.6) is 0 Å². The molecule has 5 rings (SSSR count). The smallest absolute Gasteiger partial charge is 0.259 e. The number of likely N-dealkylation sites (tertiary alicyclic amines) is 1. The molecule has 5 heterocycles. The topological polar surface area (TPSA) is 90.8 Å². The lowest BCUT2D eigenvalue weighted by Gasteiger charge is -2.34. The van der Waals surface area contributed by atoms with Gasteiger partial charge in [0, 0.05) is 24.6 Å². The Labute approximate surface area is 174 Å². The van der Waals surface area contributed by atoms with Crippen molar-refractivity contribution in [1.29, 1.82) is 0 Å². The van der Waals surface area contributed by atoms with Crippen molar-refractivity contribution in [3.63, 3.8) is 0 Å². The van der Waals surface area contributed by atoms with Crippen molar-refractivity contribution < 1.29 is 23.2 Å². The number of furan rings is 1. The predicted octanol–water partition coefficient (Wildman–Crippen LogP) is 3.63. The summed E-state index contributed by atoms with van der Waals surface area (Å²) in [6.07, 6.45) is 1.59. The van der Waals surface area contributed by atoms with Crippen molar-refractivity contribution >= 4 is 17.0 Å². The maximum atomic E-state index is 13.5. The van der Waals surface area contributed by atoms with E-state index in [2.05, 4.69) is 10.1 Å². The Morgan fingerprint density at radius 2 is 1.83 bits per heavy atom. The molecule has 2 saturated heterocycles. The zero-order valence-corrected chi connectivity index (χ0v) is 17.4. The molecule has 0 unspecified atom stereocenters. The van der Waals surface area contributed by atoms with Gasteiger partial charge in [0.25, 0.3) is 11.6 Å². The maximum Gasteiger partial charge on any atom is 0.259 e. The number of hydrogen-bond acceptors (Lipinski definition) is 7. The number of rotatable bonds is 3. The van der Waals surface area contributed by atoms with E-state index in [-0.39, 0.29) is 12.2 Å². The van der Waals surface area contributed by atoms with Gasteiger partial charge in [-0.3, -0.25) is 4.79 Å². The van der Waals surface area contributed by atoms with Crippen LogP contribution in [-0.4, -0.2) is 53.5 Å². The van der Waals surface area contributed by atoms with Crippen LogP contribution in [0.4, 0.5) is 0 Å². The molecular formula is C22H25N3O5. The average Bonchev–Trinajstić information content (AvgIpc) is 3.48. The highest BCUT2D eigenvalue weighted by atomic mass is 16.7. The number of amides is 1. The van der Waals surface area contributed by atoms with Crippen LogP contribution >= 0.6 is 0 Å². The number of hydrogen-bond donors (Lipinski definition) is 0. The minimum Gasteiger partial charge on any atom is -0.466 e. The van der Waals surface area contributed by atoms with Crippen LogP contribution in [0, 0.1) is 26.7 Å². The van der Waals surface area contributed by atoms with E-state index < -0.39 is 0 Å². The number of ether oxygens (including phenoxy) is 2. The fourth-order valence-electron chi connectivity index (χ4n) is 4.48. The number of carbonyl (C=O) groups is 1. The summed E-state index contributed by atoms with van der Waals surface area (Å²) in [5, 5.41) is 4.72. The molecule has 0 aromatic carbocycles. The van der Waals surface area contributed by atoms with Gasteiger partial charge in [0.2, 0.25) is 0 Å².